The van der Waals surface area contributed by atoms with Gasteiger partial charge in [0.2, 0.25) is 5.91 Å². The Morgan fingerprint density at radius 2 is 1.90 bits per heavy atom. The van der Waals surface area contributed by atoms with E-state index < -0.39 is 0 Å². The molecule has 1 heterocycles. The van der Waals surface area contributed by atoms with Gasteiger partial charge in [-0.1, -0.05) is 18.2 Å². The molecular formula is C17H25N3O. The first-order valence-corrected chi connectivity index (χ1v) is 8.02. The van der Waals surface area contributed by atoms with Gasteiger partial charge in [-0.2, -0.15) is 0 Å². The lowest BCUT2D eigenvalue weighted by Gasteiger charge is -2.36. The third kappa shape index (κ3) is 3.97. The van der Waals surface area contributed by atoms with E-state index in [4.69, 9.17) is 0 Å². The first-order valence-electron chi connectivity index (χ1n) is 8.02. The highest BCUT2D eigenvalue weighted by Gasteiger charge is 2.23. The highest BCUT2D eigenvalue weighted by atomic mass is 16.2. The maximum absolute atomic E-state index is 11.9. The van der Waals surface area contributed by atoms with Crippen molar-refractivity contribution < 1.29 is 4.79 Å². The molecule has 1 amide bonds. The number of carbonyl (C=O) groups excluding carboxylic acids is 1. The smallest absolute Gasteiger partial charge is 0.234 e. The second-order valence-electron chi connectivity index (χ2n) is 6.30. The van der Waals surface area contributed by atoms with Crippen molar-refractivity contribution in [1.82, 2.24) is 10.2 Å². The van der Waals surface area contributed by atoms with E-state index in [9.17, 15) is 4.79 Å². The summed E-state index contributed by atoms with van der Waals surface area (Å²) in [5.41, 5.74) is 2.66. The van der Waals surface area contributed by atoms with Crippen LogP contribution in [0.1, 0.15) is 18.4 Å². The average molecular weight is 287 g/mol. The fourth-order valence-electron chi connectivity index (χ4n) is 2.90. The van der Waals surface area contributed by atoms with Gasteiger partial charge >= 0.3 is 0 Å². The fraction of sp³-hybridized carbons (Fsp3) is 0.588. The number of carbonyl (C=O) groups is 1. The molecule has 1 aromatic rings. The quantitative estimate of drug-likeness (QED) is 0.894. The lowest BCUT2D eigenvalue weighted by atomic mass is 10.1. The van der Waals surface area contributed by atoms with Gasteiger partial charge in [-0.15, -0.1) is 0 Å². The maximum atomic E-state index is 11.9. The van der Waals surface area contributed by atoms with Gasteiger partial charge in [0.05, 0.1) is 6.54 Å². The summed E-state index contributed by atoms with van der Waals surface area (Å²) in [5.74, 6) is 0.943. The Morgan fingerprint density at radius 1 is 1.19 bits per heavy atom. The SMILES string of the molecule is Cc1ccccc1N1CCN(CC(=O)NCC2CC2)CC1. The van der Waals surface area contributed by atoms with Gasteiger partial charge in [-0.3, -0.25) is 9.69 Å². The van der Waals surface area contributed by atoms with E-state index in [1.807, 2.05) is 0 Å². The van der Waals surface area contributed by atoms with Crippen molar-refractivity contribution in [2.45, 2.75) is 19.8 Å². The molecule has 0 unspecified atom stereocenters. The van der Waals surface area contributed by atoms with Crippen molar-refractivity contribution in [3.8, 4) is 0 Å². The summed E-state index contributed by atoms with van der Waals surface area (Å²) in [6, 6.07) is 8.53. The summed E-state index contributed by atoms with van der Waals surface area (Å²) >= 11 is 0. The van der Waals surface area contributed by atoms with E-state index in [-0.39, 0.29) is 5.91 Å². The van der Waals surface area contributed by atoms with Crippen molar-refractivity contribution >= 4 is 11.6 Å². The highest BCUT2D eigenvalue weighted by molar-refractivity contribution is 5.78. The van der Waals surface area contributed by atoms with E-state index in [0.29, 0.717) is 6.54 Å². The van der Waals surface area contributed by atoms with Gasteiger partial charge in [0.25, 0.3) is 0 Å². The van der Waals surface area contributed by atoms with Crippen molar-refractivity contribution in [2.75, 3.05) is 44.2 Å². The van der Waals surface area contributed by atoms with Crippen LogP contribution >= 0.6 is 0 Å². The summed E-state index contributed by atoms with van der Waals surface area (Å²) in [4.78, 5) is 16.6. The average Bonchev–Trinajstić information content (AvgIpc) is 3.31. The lowest BCUT2D eigenvalue weighted by molar-refractivity contribution is -0.122. The molecule has 3 rings (SSSR count). The van der Waals surface area contributed by atoms with Gasteiger partial charge in [0, 0.05) is 38.4 Å². The molecule has 114 valence electrons. The molecule has 1 aliphatic carbocycles. The largest absolute Gasteiger partial charge is 0.369 e. The molecule has 1 aliphatic heterocycles. The minimum atomic E-state index is 0.186. The van der Waals surface area contributed by atoms with E-state index in [1.54, 1.807) is 0 Å². The molecule has 1 saturated heterocycles. The molecule has 0 atom stereocenters. The molecule has 0 radical (unpaired) electrons. The Morgan fingerprint density at radius 3 is 2.57 bits per heavy atom. The summed E-state index contributed by atoms with van der Waals surface area (Å²) < 4.78 is 0. The summed E-state index contributed by atoms with van der Waals surface area (Å²) in [6.45, 7) is 7.52. The Kier molecular flexibility index (Phi) is 4.44. The van der Waals surface area contributed by atoms with Crippen LogP contribution in [0.25, 0.3) is 0 Å². The number of hydrogen-bond donors (Lipinski definition) is 1. The number of rotatable bonds is 5. The molecule has 0 bridgehead atoms. The summed E-state index contributed by atoms with van der Waals surface area (Å²) in [6.07, 6.45) is 2.57. The number of benzene rings is 1. The Hall–Kier alpha value is -1.55. The Balaban J connectivity index is 1.44. The predicted octanol–water partition coefficient (Wildman–Crippen LogP) is 1.64. The molecule has 2 aliphatic rings. The van der Waals surface area contributed by atoms with Crippen LogP contribution in [-0.4, -0.2) is 50.1 Å². The zero-order valence-electron chi connectivity index (χ0n) is 12.8. The number of piperazine rings is 1. The topological polar surface area (TPSA) is 35.6 Å². The molecular weight excluding hydrogens is 262 g/mol. The summed E-state index contributed by atoms with van der Waals surface area (Å²) in [5, 5.41) is 3.05. The highest BCUT2D eigenvalue weighted by Crippen LogP contribution is 2.27. The van der Waals surface area contributed by atoms with E-state index >= 15 is 0 Å². The van der Waals surface area contributed by atoms with Gasteiger partial charge < -0.3 is 10.2 Å². The Bertz CT molecular complexity index is 491. The Labute approximate surface area is 127 Å². The zero-order valence-corrected chi connectivity index (χ0v) is 12.8. The molecule has 1 saturated carbocycles. The van der Waals surface area contributed by atoms with E-state index in [2.05, 4.69) is 46.3 Å². The lowest BCUT2D eigenvalue weighted by Crippen LogP contribution is -2.49. The molecule has 4 nitrogen and oxygen atoms in total. The molecule has 0 spiro atoms. The van der Waals surface area contributed by atoms with E-state index in [0.717, 1.165) is 38.6 Å². The van der Waals surface area contributed by atoms with Crippen molar-refractivity contribution in [2.24, 2.45) is 5.92 Å². The second-order valence-corrected chi connectivity index (χ2v) is 6.30. The van der Waals surface area contributed by atoms with Crippen LogP contribution in [-0.2, 0) is 4.79 Å². The van der Waals surface area contributed by atoms with Crippen LogP contribution in [0.4, 0.5) is 5.69 Å². The van der Waals surface area contributed by atoms with Crippen molar-refractivity contribution in [1.29, 1.82) is 0 Å². The van der Waals surface area contributed by atoms with Crippen molar-refractivity contribution in [3.05, 3.63) is 29.8 Å². The van der Waals surface area contributed by atoms with Gasteiger partial charge in [-0.25, -0.2) is 0 Å². The molecule has 0 aromatic heterocycles. The molecule has 4 heteroatoms. The summed E-state index contributed by atoms with van der Waals surface area (Å²) in [7, 11) is 0. The third-order valence-corrected chi connectivity index (χ3v) is 4.48. The predicted molar refractivity (Wildman–Crippen MR) is 85.6 cm³/mol. The molecule has 2 fully saturated rings. The second kappa shape index (κ2) is 6.48. The number of para-hydroxylation sites is 1. The van der Waals surface area contributed by atoms with Gasteiger partial charge in [-0.05, 0) is 37.3 Å². The standard InChI is InChI=1S/C17H25N3O/c1-14-4-2-3-5-16(14)20-10-8-19(9-11-20)13-17(21)18-12-15-6-7-15/h2-5,15H,6-13H2,1H3,(H,18,21). The molecule has 1 aromatic carbocycles. The monoisotopic (exact) mass is 287 g/mol. The third-order valence-electron chi connectivity index (χ3n) is 4.48. The minimum Gasteiger partial charge on any atom is -0.369 e. The molecule has 1 N–H and O–H groups in total. The minimum absolute atomic E-state index is 0.186. The number of anilines is 1. The normalized spacial score (nSPS) is 19.6. The van der Waals surface area contributed by atoms with Crippen LogP contribution < -0.4 is 10.2 Å². The van der Waals surface area contributed by atoms with Crippen LogP contribution in [0.5, 0.6) is 0 Å². The van der Waals surface area contributed by atoms with Gasteiger partial charge in [0.15, 0.2) is 0 Å². The van der Waals surface area contributed by atoms with Crippen LogP contribution in [0.15, 0.2) is 24.3 Å². The number of amides is 1. The van der Waals surface area contributed by atoms with Crippen molar-refractivity contribution in [3.63, 3.8) is 0 Å². The number of nitrogens with zero attached hydrogens (tertiary/aromatic N) is 2. The number of hydrogen-bond acceptors (Lipinski definition) is 3. The maximum Gasteiger partial charge on any atom is 0.234 e. The number of nitrogens with one attached hydrogen (secondary N) is 1. The first-order chi connectivity index (χ1) is 10.2. The van der Waals surface area contributed by atoms with Gasteiger partial charge in [0.1, 0.15) is 0 Å². The van der Waals surface area contributed by atoms with Crippen LogP contribution in [0.3, 0.4) is 0 Å². The van der Waals surface area contributed by atoms with E-state index in [1.165, 1.54) is 24.1 Å². The van der Waals surface area contributed by atoms with Crippen LogP contribution in [0.2, 0.25) is 0 Å². The fourth-order valence-corrected chi connectivity index (χ4v) is 2.90. The molecule has 21 heavy (non-hydrogen) atoms. The van der Waals surface area contributed by atoms with Crippen LogP contribution in [0, 0.1) is 12.8 Å². The zero-order chi connectivity index (χ0) is 14.7. The first kappa shape index (κ1) is 14.4. The number of aryl methyl sites for hydroxylation is 1.